The molecule has 0 saturated heterocycles. The van der Waals surface area contributed by atoms with Gasteiger partial charge in [-0.15, -0.1) is 0 Å². The van der Waals surface area contributed by atoms with E-state index >= 15 is 0 Å². The van der Waals surface area contributed by atoms with Gasteiger partial charge in [0.15, 0.2) is 5.82 Å². The Morgan fingerprint density at radius 1 is 1.11 bits per heavy atom. The van der Waals surface area contributed by atoms with E-state index in [1.54, 1.807) is 11.5 Å². The third-order valence-electron chi connectivity index (χ3n) is 6.02. The SMILES string of the molecule is Cc1ccc2c(c1)c1ncn(Cc3nc(C)no3)c(=O)c1n2CC(=O)Nc1ccc(C(C)C)cc1. The first-order valence-electron chi connectivity index (χ1n) is 11.5. The van der Waals surface area contributed by atoms with E-state index in [0.717, 1.165) is 16.5 Å². The number of rotatable bonds is 6. The normalized spacial score (nSPS) is 11.6. The van der Waals surface area contributed by atoms with Gasteiger partial charge in [0.05, 0.1) is 11.8 Å². The van der Waals surface area contributed by atoms with Gasteiger partial charge in [-0.2, -0.15) is 4.98 Å². The summed E-state index contributed by atoms with van der Waals surface area (Å²) in [6.45, 7) is 8.00. The molecular formula is C26H26N6O3. The summed E-state index contributed by atoms with van der Waals surface area (Å²) in [6.07, 6.45) is 1.48. The van der Waals surface area contributed by atoms with Gasteiger partial charge in [0.1, 0.15) is 24.1 Å². The number of aromatic nitrogens is 5. The van der Waals surface area contributed by atoms with Gasteiger partial charge in [0.25, 0.3) is 5.56 Å². The van der Waals surface area contributed by atoms with Crippen molar-refractivity contribution in [2.24, 2.45) is 0 Å². The number of carbonyl (C=O) groups excluding carboxylic acids is 1. The second-order valence-corrected chi connectivity index (χ2v) is 9.04. The Kier molecular flexibility index (Phi) is 5.68. The highest BCUT2D eigenvalue weighted by atomic mass is 16.5. The van der Waals surface area contributed by atoms with Crippen molar-refractivity contribution in [3.63, 3.8) is 0 Å². The molecule has 9 nitrogen and oxygen atoms in total. The maximum Gasteiger partial charge on any atom is 0.278 e. The van der Waals surface area contributed by atoms with E-state index in [-0.39, 0.29) is 24.6 Å². The first-order chi connectivity index (χ1) is 16.8. The van der Waals surface area contributed by atoms with Crippen molar-refractivity contribution in [3.05, 3.63) is 82.0 Å². The molecule has 0 spiro atoms. The smallest absolute Gasteiger partial charge is 0.278 e. The maximum atomic E-state index is 13.5. The van der Waals surface area contributed by atoms with Crippen LogP contribution in [0.25, 0.3) is 21.9 Å². The van der Waals surface area contributed by atoms with Crippen molar-refractivity contribution in [1.82, 2.24) is 24.3 Å². The van der Waals surface area contributed by atoms with Crippen molar-refractivity contribution in [3.8, 4) is 0 Å². The van der Waals surface area contributed by atoms with Crippen LogP contribution in [0.2, 0.25) is 0 Å². The van der Waals surface area contributed by atoms with Crippen LogP contribution in [0.15, 0.2) is 58.1 Å². The lowest BCUT2D eigenvalue weighted by atomic mass is 10.0. The Balaban J connectivity index is 1.54. The lowest BCUT2D eigenvalue weighted by Crippen LogP contribution is -2.25. The number of benzene rings is 2. The third-order valence-corrected chi connectivity index (χ3v) is 6.02. The molecule has 3 aromatic heterocycles. The molecule has 35 heavy (non-hydrogen) atoms. The highest BCUT2D eigenvalue weighted by Crippen LogP contribution is 2.27. The second-order valence-electron chi connectivity index (χ2n) is 9.04. The second kappa shape index (κ2) is 8.83. The van der Waals surface area contributed by atoms with Crippen LogP contribution in [0, 0.1) is 13.8 Å². The van der Waals surface area contributed by atoms with Gasteiger partial charge < -0.3 is 14.4 Å². The summed E-state index contributed by atoms with van der Waals surface area (Å²) < 4.78 is 8.32. The predicted molar refractivity (Wildman–Crippen MR) is 134 cm³/mol. The van der Waals surface area contributed by atoms with Gasteiger partial charge in [0.2, 0.25) is 11.8 Å². The van der Waals surface area contributed by atoms with Crippen molar-refractivity contribution in [1.29, 1.82) is 0 Å². The number of anilines is 1. The zero-order chi connectivity index (χ0) is 24.7. The van der Waals surface area contributed by atoms with Crippen molar-refractivity contribution in [2.45, 2.75) is 46.7 Å². The Labute approximate surface area is 201 Å². The fraction of sp³-hybridized carbons (Fsp3) is 0.269. The fourth-order valence-electron chi connectivity index (χ4n) is 4.24. The molecule has 1 N–H and O–H groups in total. The molecular weight excluding hydrogens is 444 g/mol. The Morgan fingerprint density at radius 2 is 1.89 bits per heavy atom. The van der Waals surface area contributed by atoms with Crippen LogP contribution >= 0.6 is 0 Å². The molecule has 0 aliphatic rings. The number of nitrogens with zero attached hydrogens (tertiary/aromatic N) is 5. The van der Waals surface area contributed by atoms with Crippen LogP contribution in [0.3, 0.4) is 0 Å². The van der Waals surface area contributed by atoms with Gasteiger partial charge in [-0.3, -0.25) is 14.2 Å². The van der Waals surface area contributed by atoms with E-state index in [0.29, 0.717) is 34.4 Å². The molecule has 0 aliphatic carbocycles. The van der Waals surface area contributed by atoms with Crippen molar-refractivity contribution < 1.29 is 9.32 Å². The molecule has 0 radical (unpaired) electrons. The van der Waals surface area contributed by atoms with Crippen LogP contribution in [0.4, 0.5) is 5.69 Å². The molecule has 0 aliphatic heterocycles. The number of fused-ring (bicyclic) bond motifs is 3. The summed E-state index contributed by atoms with van der Waals surface area (Å²) in [7, 11) is 0. The number of hydrogen-bond acceptors (Lipinski definition) is 6. The van der Waals surface area contributed by atoms with Crippen molar-refractivity contribution in [2.75, 3.05) is 5.32 Å². The quantitative estimate of drug-likeness (QED) is 0.399. The first kappa shape index (κ1) is 22.5. The molecule has 3 heterocycles. The summed E-state index contributed by atoms with van der Waals surface area (Å²) in [5.74, 6) is 0.979. The topological polar surface area (TPSA) is 108 Å². The zero-order valence-electron chi connectivity index (χ0n) is 20.1. The largest absolute Gasteiger partial charge is 0.337 e. The Morgan fingerprint density at radius 3 is 2.57 bits per heavy atom. The summed E-state index contributed by atoms with van der Waals surface area (Å²) >= 11 is 0. The fourth-order valence-corrected chi connectivity index (χ4v) is 4.24. The highest BCUT2D eigenvalue weighted by Gasteiger charge is 2.19. The first-order valence-corrected chi connectivity index (χ1v) is 11.5. The average molecular weight is 471 g/mol. The molecule has 9 heteroatoms. The van der Waals surface area contributed by atoms with E-state index in [9.17, 15) is 9.59 Å². The molecule has 1 amide bonds. The summed E-state index contributed by atoms with van der Waals surface area (Å²) in [4.78, 5) is 35.3. The number of carbonyl (C=O) groups is 1. The van der Waals surface area contributed by atoms with Crippen LogP contribution in [0.5, 0.6) is 0 Å². The van der Waals surface area contributed by atoms with E-state index in [1.165, 1.54) is 16.5 Å². The minimum absolute atomic E-state index is 0.0322. The maximum absolute atomic E-state index is 13.5. The molecule has 0 atom stereocenters. The molecule has 5 rings (SSSR count). The molecule has 0 saturated carbocycles. The molecule has 5 aromatic rings. The monoisotopic (exact) mass is 470 g/mol. The lowest BCUT2D eigenvalue weighted by molar-refractivity contribution is -0.116. The van der Waals surface area contributed by atoms with Gasteiger partial charge in [-0.25, -0.2) is 4.98 Å². The number of aryl methyl sites for hydroxylation is 2. The van der Waals surface area contributed by atoms with Gasteiger partial charge in [-0.05, 0) is 49.6 Å². The van der Waals surface area contributed by atoms with Crippen LogP contribution in [-0.2, 0) is 17.9 Å². The molecule has 178 valence electrons. The van der Waals surface area contributed by atoms with E-state index < -0.39 is 0 Å². The van der Waals surface area contributed by atoms with Crippen LogP contribution in [0.1, 0.15) is 42.6 Å². The summed E-state index contributed by atoms with van der Waals surface area (Å²) in [6, 6.07) is 13.7. The molecule has 0 unspecified atom stereocenters. The number of nitrogens with one attached hydrogen (secondary N) is 1. The number of amides is 1. The van der Waals surface area contributed by atoms with Crippen molar-refractivity contribution >= 4 is 33.5 Å². The van der Waals surface area contributed by atoms with E-state index in [2.05, 4.69) is 34.3 Å². The van der Waals surface area contributed by atoms with E-state index in [4.69, 9.17) is 4.52 Å². The predicted octanol–water partition coefficient (Wildman–Crippen LogP) is 4.16. The zero-order valence-corrected chi connectivity index (χ0v) is 20.1. The lowest BCUT2D eigenvalue weighted by Gasteiger charge is -2.11. The minimum Gasteiger partial charge on any atom is -0.337 e. The average Bonchev–Trinajstić information content (AvgIpc) is 3.36. The summed E-state index contributed by atoms with van der Waals surface area (Å²) in [5.41, 5.74) is 4.34. The Hall–Kier alpha value is -4.27. The van der Waals surface area contributed by atoms with Crippen LogP contribution < -0.4 is 10.9 Å². The minimum atomic E-state index is -0.284. The van der Waals surface area contributed by atoms with Gasteiger partial charge >= 0.3 is 0 Å². The van der Waals surface area contributed by atoms with Crippen LogP contribution in [-0.4, -0.2) is 30.2 Å². The van der Waals surface area contributed by atoms with Gasteiger partial charge in [-0.1, -0.05) is 42.8 Å². The molecule has 0 fully saturated rings. The molecule has 0 bridgehead atoms. The third kappa shape index (κ3) is 4.32. The van der Waals surface area contributed by atoms with E-state index in [1.807, 2.05) is 49.4 Å². The molecule has 2 aromatic carbocycles. The standard InChI is InChI=1S/C26H26N6O3/c1-15(2)18-6-8-19(9-7-18)29-22(33)12-32-21-10-5-16(3)11-20(21)24-25(32)26(34)31(14-27-24)13-23-28-17(4)30-35-23/h5-11,14-15H,12-13H2,1-4H3,(H,29,33). The number of hydrogen-bond donors (Lipinski definition) is 1. The summed E-state index contributed by atoms with van der Waals surface area (Å²) in [5, 5.41) is 7.55. The Bertz CT molecular complexity index is 1610. The highest BCUT2D eigenvalue weighted by molar-refractivity contribution is 6.06. The van der Waals surface area contributed by atoms with Gasteiger partial charge in [0, 0.05) is 11.1 Å².